The van der Waals surface area contributed by atoms with E-state index in [9.17, 15) is 19.0 Å². The van der Waals surface area contributed by atoms with Crippen molar-refractivity contribution in [2.24, 2.45) is 0 Å². The third-order valence-corrected chi connectivity index (χ3v) is 14.6. The molecule has 10 heteroatoms. The standard InChI is InChI=1S/C68H120NO8P/c1-6-8-10-12-14-16-18-20-22-23-24-25-26-27-28-29-30-31-32-33-34-35-36-37-38-39-40-41-42-43-44-45-47-49-51-53-55-57-59-61-68(71)77-66(65-76-78(72,73)75-63-62-69(3,4)5)64-74-67(70)60-58-56-54-52-50-48-46-21-19-17-15-13-11-9-7-2/h8,10,14,16,20,22,24-25,27-28,30-31,33-34,36-37,66H,6-7,9,11-13,15,17-19,21,23,26,29,32,35,38-65H2,1-5H3/p+1/b10-8-,16-14-,22-20-,25-24-,28-27-,31-30-,34-33-,37-36-. The number of hydrogen-bond donors (Lipinski definition) is 1. The van der Waals surface area contributed by atoms with E-state index in [4.69, 9.17) is 18.5 Å². The molecule has 0 aromatic heterocycles. The van der Waals surface area contributed by atoms with E-state index in [1.54, 1.807) is 0 Å². The van der Waals surface area contributed by atoms with E-state index < -0.39 is 26.5 Å². The molecule has 0 radical (unpaired) electrons. The van der Waals surface area contributed by atoms with Crippen molar-refractivity contribution in [3.8, 4) is 0 Å². The maximum Gasteiger partial charge on any atom is 0.472 e. The fourth-order valence-electron chi connectivity index (χ4n) is 8.74. The van der Waals surface area contributed by atoms with Gasteiger partial charge >= 0.3 is 19.8 Å². The number of allylic oxidation sites excluding steroid dienone is 16. The summed E-state index contributed by atoms with van der Waals surface area (Å²) in [5.74, 6) is -0.791. The van der Waals surface area contributed by atoms with Gasteiger partial charge in [-0.25, -0.2) is 4.57 Å². The van der Waals surface area contributed by atoms with E-state index in [-0.39, 0.29) is 25.6 Å². The van der Waals surface area contributed by atoms with Crippen molar-refractivity contribution >= 4 is 19.8 Å². The molecule has 0 saturated heterocycles. The molecule has 0 rings (SSSR count). The summed E-state index contributed by atoms with van der Waals surface area (Å²) >= 11 is 0. The Kier molecular flexibility index (Phi) is 56.3. The number of esters is 2. The first kappa shape index (κ1) is 74.9. The van der Waals surface area contributed by atoms with Crippen molar-refractivity contribution in [1.29, 1.82) is 0 Å². The molecule has 0 bridgehead atoms. The summed E-state index contributed by atoms with van der Waals surface area (Å²) in [5.41, 5.74) is 0. The highest BCUT2D eigenvalue weighted by Gasteiger charge is 2.27. The topological polar surface area (TPSA) is 108 Å². The van der Waals surface area contributed by atoms with Gasteiger partial charge in [-0.15, -0.1) is 0 Å². The molecule has 0 aliphatic rings. The van der Waals surface area contributed by atoms with E-state index in [1.807, 2.05) is 21.1 Å². The van der Waals surface area contributed by atoms with Crippen LogP contribution in [0.15, 0.2) is 97.2 Å². The second-order valence-electron chi connectivity index (χ2n) is 22.4. The summed E-state index contributed by atoms with van der Waals surface area (Å²) in [6.45, 7) is 4.34. The van der Waals surface area contributed by atoms with Gasteiger partial charge in [0.15, 0.2) is 6.10 Å². The molecule has 450 valence electrons. The molecule has 1 N–H and O–H groups in total. The molecule has 2 atom stereocenters. The van der Waals surface area contributed by atoms with Gasteiger partial charge in [0.25, 0.3) is 0 Å². The molecular weight excluding hydrogens is 990 g/mol. The smallest absolute Gasteiger partial charge is 0.462 e. The number of unbranched alkanes of at least 4 members (excludes halogenated alkanes) is 28. The fourth-order valence-corrected chi connectivity index (χ4v) is 9.48. The first-order chi connectivity index (χ1) is 38.0. The number of phosphoric ester groups is 1. The molecular formula is C68H121NO8P+. The van der Waals surface area contributed by atoms with E-state index in [0.29, 0.717) is 23.9 Å². The number of carbonyl (C=O) groups excluding carboxylic acids is 2. The number of ether oxygens (including phenoxy) is 2. The first-order valence-corrected chi connectivity index (χ1v) is 33.5. The number of rotatable bonds is 58. The maximum absolute atomic E-state index is 12.8. The second kappa shape index (κ2) is 58.6. The molecule has 0 aliphatic carbocycles. The van der Waals surface area contributed by atoms with Gasteiger partial charge in [0.05, 0.1) is 27.7 Å². The average molecular weight is 1110 g/mol. The zero-order valence-corrected chi connectivity index (χ0v) is 52.0. The highest BCUT2D eigenvalue weighted by atomic mass is 31.2. The molecule has 0 spiro atoms. The van der Waals surface area contributed by atoms with Crippen LogP contribution in [0.2, 0.25) is 0 Å². The van der Waals surface area contributed by atoms with Crippen molar-refractivity contribution < 1.29 is 42.1 Å². The van der Waals surface area contributed by atoms with E-state index in [2.05, 4.69) is 111 Å². The summed E-state index contributed by atoms with van der Waals surface area (Å²) < 4.78 is 34.6. The molecule has 0 amide bonds. The zero-order chi connectivity index (χ0) is 57.0. The van der Waals surface area contributed by atoms with Crippen LogP contribution < -0.4 is 0 Å². The Balaban J connectivity index is 4.02. The molecule has 0 aromatic rings. The highest BCUT2D eigenvalue weighted by Crippen LogP contribution is 2.43. The minimum atomic E-state index is -4.39. The second-order valence-corrected chi connectivity index (χ2v) is 23.9. The number of hydrogen-bond acceptors (Lipinski definition) is 7. The predicted octanol–water partition coefficient (Wildman–Crippen LogP) is 20.4. The van der Waals surface area contributed by atoms with Crippen LogP contribution in [-0.4, -0.2) is 74.9 Å². The Bertz CT molecular complexity index is 1640. The van der Waals surface area contributed by atoms with Crippen LogP contribution in [0.1, 0.15) is 271 Å². The Morgan fingerprint density at radius 2 is 0.731 bits per heavy atom. The van der Waals surface area contributed by atoms with E-state index >= 15 is 0 Å². The Morgan fingerprint density at radius 1 is 0.410 bits per heavy atom. The van der Waals surface area contributed by atoms with Crippen LogP contribution in [0.25, 0.3) is 0 Å². The van der Waals surface area contributed by atoms with E-state index in [0.717, 1.165) is 89.9 Å². The van der Waals surface area contributed by atoms with Gasteiger partial charge < -0.3 is 18.9 Å². The Hall–Kier alpha value is -3.07. The SMILES string of the molecule is CC/C=C\C/C=C\C/C=C\C/C=C\C/C=C\C/C=C\C/C=C\C/C=C\CCCCCCCCCCCCCCCCC(=O)OC(COC(=O)CCCCCCCCCCCCCCCCC)COP(=O)(O)OCC[N+](C)(C)C. The molecule has 0 aromatic carbocycles. The van der Waals surface area contributed by atoms with Crippen LogP contribution in [0.4, 0.5) is 0 Å². The van der Waals surface area contributed by atoms with Crippen LogP contribution in [0.5, 0.6) is 0 Å². The molecule has 78 heavy (non-hydrogen) atoms. The van der Waals surface area contributed by atoms with Crippen LogP contribution >= 0.6 is 7.82 Å². The van der Waals surface area contributed by atoms with Crippen molar-refractivity contribution in [2.45, 2.75) is 277 Å². The molecule has 2 unspecified atom stereocenters. The summed E-state index contributed by atoms with van der Waals surface area (Å²) in [5, 5.41) is 0. The Morgan fingerprint density at radius 3 is 1.09 bits per heavy atom. The molecule has 0 aliphatic heterocycles. The van der Waals surface area contributed by atoms with Gasteiger partial charge in [-0.3, -0.25) is 18.6 Å². The highest BCUT2D eigenvalue weighted by molar-refractivity contribution is 7.47. The minimum Gasteiger partial charge on any atom is -0.462 e. The molecule has 0 fully saturated rings. The average Bonchev–Trinajstić information content (AvgIpc) is 3.41. The third kappa shape index (κ3) is 62.1. The van der Waals surface area contributed by atoms with Gasteiger partial charge in [-0.05, 0) is 77.0 Å². The van der Waals surface area contributed by atoms with Gasteiger partial charge in [0.2, 0.25) is 0 Å². The minimum absolute atomic E-state index is 0.0305. The molecule has 0 heterocycles. The quantitative estimate of drug-likeness (QED) is 0.0211. The summed E-state index contributed by atoms with van der Waals surface area (Å²) in [7, 11) is 1.48. The number of carbonyl (C=O) groups is 2. The van der Waals surface area contributed by atoms with Gasteiger partial charge in [0.1, 0.15) is 19.8 Å². The lowest BCUT2D eigenvalue weighted by Crippen LogP contribution is -2.37. The normalized spacial score (nSPS) is 13.9. The lowest BCUT2D eigenvalue weighted by molar-refractivity contribution is -0.870. The first-order valence-electron chi connectivity index (χ1n) is 32.0. The molecule has 0 saturated carbocycles. The number of likely N-dealkylation sites (N-methyl/N-ethyl adjacent to an activating group) is 1. The van der Waals surface area contributed by atoms with Gasteiger partial charge in [-0.1, -0.05) is 278 Å². The van der Waals surface area contributed by atoms with Gasteiger partial charge in [0, 0.05) is 12.8 Å². The lowest BCUT2D eigenvalue weighted by atomic mass is 10.0. The number of phosphoric acid groups is 1. The largest absolute Gasteiger partial charge is 0.472 e. The predicted molar refractivity (Wildman–Crippen MR) is 335 cm³/mol. The van der Waals surface area contributed by atoms with E-state index in [1.165, 1.54) is 148 Å². The van der Waals surface area contributed by atoms with Crippen molar-refractivity contribution in [1.82, 2.24) is 0 Å². The van der Waals surface area contributed by atoms with Crippen molar-refractivity contribution in [3.05, 3.63) is 97.2 Å². The van der Waals surface area contributed by atoms with Crippen LogP contribution in [-0.2, 0) is 32.7 Å². The fraction of sp³-hybridized carbons (Fsp3) is 0.735. The van der Waals surface area contributed by atoms with Crippen molar-refractivity contribution in [2.75, 3.05) is 47.5 Å². The third-order valence-electron chi connectivity index (χ3n) is 13.6. The van der Waals surface area contributed by atoms with Crippen LogP contribution in [0, 0.1) is 0 Å². The lowest BCUT2D eigenvalue weighted by Gasteiger charge is -2.24. The monoisotopic (exact) mass is 1110 g/mol. The van der Waals surface area contributed by atoms with Crippen LogP contribution in [0.3, 0.4) is 0 Å². The van der Waals surface area contributed by atoms with Crippen molar-refractivity contribution in [3.63, 3.8) is 0 Å². The Labute approximate surface area is 481 Å². The molecule has 9 nitrogen and oxygen atoms in total. The van der Waals surface area contributed by atoms with Gasteiger partial charge in [-0.2, -0.15) is 0 Å². The maximum atomic E-state index is 12.8. The number of quaternary nitrogens is 1. The summed E-state index contributed by atoms with van der Waals surface area (Å²) in [4.78, 5) is 35.7. The zero-order valence-electron chi connectivity index (χ0n) is 51.1. The number of nitrogens with zero attached hydrogens (tertiary/aromatic N) is 1. The summed E-state index contributed by atoms with van der Waals surface area (Å²) in [6.07, 6.45) is 80.7. The summed E-state index contributed by atoms with van der Waals surface area (Å²) in [6, 6.07) is 0.